The number of carbonyl (C=O) groups is 2. The SMILES string of the molecule is CC(=O)COC(=O)c1ccc(C)cc1. The van der Waals surface area contributed by atoms with Crippen LogP contribution in [0, 0.1) is 6.92 Å². The van der Waals surface area contributed by atoms with Gasteiger partial charge >= 0.3 is 5.97 Å². The van der Waals surface area contributed by atoms with E-state index in [-0.39, 0.29) is 12.4 Å². The number of benzene rings is 1. The van der Waals surface area contributed by atoms with Crippen molar-refractivity contribution in [3.8, 4) is 0 Å². The van der Waals surface area contributed by atoms with Crippen LogP contribution in [0.25, 0.3) is 0 Å². The van der Waals surface area contributed by atoms with Crippen LogP contribution in [0.3, 0.4) is 0 Å². The Hall–Kier alpha value is -1.64. The molecule has 0 atom stereocenters. The van der Waals surface area contributed by atoms with Gasteiger partial charge in [0.05, 0.1) is 5.56 Å². The average molecular weight is 192 g/mol. The number of Topliss-reactive ketones (excluding diaryl/α,β-unsaturated/α-hetero) is 1. The number of hydrogen-bond acceptors (Lipinski definition) is 3. The van der Waals surface area contributed by atoms with Crippen molar-refractivity contribution in [2.75, 3.05) is 6.61 Å². The molecule has 1 rings (SSSR count). The predicted molar refractivity (Wildman–Crippen MR) is 52.1 cm³/mol. The van der Waals surface area contributed by atoms with Crippen LogP contribution in [0.2, 0.25) is 0 Å². The second-order valence-corrected chi connectivity index (χ2v) is 3.14. The van der Waals surface area contributed by atoms with E-state index in [1.807, 2.05) is 19.1 Å². The number of carbonyl (C=O) groups excluding carboxylic acids is 2. The lowest BCUT2D eigenvalue weighted by molar-refractivity contribution is -0.120. The van der Waals surface area contributed by atoms with Crippen molar-refractivity contribution in [2.45, 2.75) is 13.8 Å². The number of ether oxygens (including phenoxy) is 1. The van der Waals surface area contributed by atoms with Gasteiger partial charge in [0.25, 0.3) is 0 Å². The Bertz CT molecular complexity index is 338. The van der Waals surface area contributed by atoms with E-state index in [4.69, 9.17) is 4.74 Å². The first kappa shape index (κ1) is 10.4. The first-order valence-corrected chi connectivity index (χ1v) is 4.33. The van der Waals surface area contributed by atoms with E-state index in [9.17, 15) is 9.59 Å². The standard InChI is InChI=1S/C11H12O3/c1-8-3-5-10(6-4-8)11(13)14-7-9(2)12/h3-6H,7H2,1-2H3. The first-order chi connectivity index (χ1) is 6.59. The molecule has 0 saturated carbocycles. The average Bonchev–Trinajstić information content (AvgIpc) is 2.15. The highest BCUT2D eigenvalue weighted by Crippen LogP contribution is 2.04. The molecule has 0 aliphatic heterocycles. The number of hydrogen-bond donors (Lipinski definition) is 0. The second kappa shape index (κ2) is 4.56. The first-order valence-electron chi connectivity index (χ1n) is 4.33. The fourth-order valence-corrected chi connectivity index (χ4v) is 0.940. The van der Waals surface area contributed by atoms with Gasteiger partial charge in [-0.05, 0) is 26.0 Å². The van der Waals surface area contributed by atoms with E-state index in [1.54, 1.807) is 12.1 Å². The number of rotatable bonds is 3. The van der Waals surface area contributed by atoms with Crippen molar-refractivity contribution in [3.63, 3.8) is 0 Å². The normalized spacial score (nSPS) is 9.57. The predicted octanol–water partition coefficient (Wildman–Crippen LogP) is 1.74. The summed E-state index contributed by atoms with van der Waals surface area (Å²) in [5.41, 5.74) is 1.55. The summed E-state index contributed by atoms with van der Waals surface area (Å²) in [6, 6.07) is 7.00. The summed E-state index contributed by atoms with van der Waals surface area (Å²) in [7, 11) is 0. The molecule has 3 nitrogen and oxygen atoms in total. The lowest BCUT2D eigenvalue weighted by atomic mass is 10.1. The molecule has 0 bridgehead atoms. The maximum absolute atomic E-state index is 11.3. The minimum Gasteiger partial charge on any atom is -0.454 e. The van der Waals surface area contributed by atoms with Crippen LogP contribution in [0.5, 0.6) is 0 Å². The van der Waals surface area contributed by atoms with E-state index < -0.39 is 5.97 Å². The third-order valence-electron chi connectivity index (χ3n) is 1.69. The molecular weight excluding hydrogens is 180 g/mol. The summed E-state index contributed by atoms with van der Waals surface area (Å²) >= 11 is 0. The Balaban J connectivity index is 2.61. The van der Waals surface area contributed by atoms with Gasteiger partial charge in [-0.25, -0.2) is 4.79 Å². The van der Waals surface area contributed by atoms with E-state index in [0.717, 1.165) is 5.56 Å². The zero-order valence-electron chi connectivity index (χ0n) is 8.24. The highest BCUT2D eigenvalue weighted by Gasteiger charge is 2.06. The molecule has 0 N–H and O–H groups in total. The zero-order valence-corrected chi connectivity index (χ0v) is 8.24. The van der Waals surface area contributed by atoms with Crippen LogP contribution in [0.1, 0.15) is 22.8 Å². The molecule has 0 unspecified atom stereocenters. The van der Waals surface area contributed by atoms with E-state index in [1.165, 1.54) is 6.92 Å². The van der Waals surface area contributed by atoms with Crippen molar-refractivity contribution < 1.29 is 14.3 Å². The number of ketones is 1. The maximum Gasteiger partial charge on any atom is 0.338 e. The molecule has 0 saturated heterocycles. The molecule has 0 aliphatic carbocycles. The van der Waals surface area contributed by atoms with Crippen LogP contribution in [0.15, 0.2) is 24.3 Å². The lowest BCUT2D eigenvalue weighted by Gasteiger charge is -2.02. The molecule has 1 aromatic rings. The molecule has 0 aliphatic rings. The fourth-order valence-electron chi connectivity index (χ4n) is 0.940. The van der Waals surface area contributed by atoms with Gasteiger partial charge in [-0.3, -0.25) is 4.79 Å². The van der Waals surface area contributed by atoms with Crippen molar-refractivity contribution in [3.05, 3.63) is 35.4 Å². The topological polar surface area (TPSA) is 43.4 Å². The molecule has 3 heteroatoms. The highest BCUT2D eigenvalue weighted by molar-refractivity contribution is 5.91. The molecular formula is C11H12O3. The quantitative estimate of drug-likeness (QED) is 0.685. The van der Waals surface area contributed by atoms with Gasteiger partial charge in [-0.15, -0.1) is 0 Å². The molecule has 74 valence electrons. The highest BCUT2D eigenvalue weighted by atomic mass is 16.5. The van der Waals surface area contributed by atoms with E-state index >= 15 is 0 Å². The summed E-state index contributed by atoms with van der Waals surface area (Å²) in [5, 5.41) is 0. The van der Waals surface area contributed by atoms with Crippen molar-refractivity contribution >= 4 is 11.8 Å². The van der Waals surface area contributed by atoms with Crippen LogP contribution in [0.4, 0.5) is 0 Å². The van der Waals surface area contributed by atoms with Crippen molar-refractivity contribution in [1.82, 2.24) is 0 Å². The number of aryl methyl sites for hydroxylation is 1. The van der Waals surface area contributed by atoms with Crippen LogP contribution >= 0.6 is 0 Å². The minimum atomic E-state index is -0.458. The third-order valence-corrected chi connectivity index (χ3v) is 1.69. The smallest absolute Gasteiger partial charge is 0.338 e. The Morgan fingerprint density at radius 2 is 1.79 bits per heavy atom. The van der Waals surface area contributed by atoms with E-state index in [0.29, 0.717) is 5.56 Å². The largest absolute Gasteiger partial charge is 0.454 e. The Morgan fingerprint density at radius 3 is 2.29 bits per heavy atom. The Morgan fingerprint density at radius 1 is 1.21 bits per heavy atom. The Labute approximate surface area is 82.7 Å². The fraction of sp³-hybridized carbons (Fsp3) is 0.273. The van der Waals surface area contributed by atoms with Crippen LogP contribution in [-0.2, 0) is 9.53 Å². The molecule has 1 aromatic carbocycles. The molecule has 0 heterocycles. The second-order valence-electron chi connectivity index (χ2n) is 3.14. The van der Waals surface area contributed by atoms with Gasteiger partial charge in [-0.2, -0.15) is 0 Å². The van der Waals surface area contributed by atoms with Gasteiger partial charge < -0.3 is 4.74 Å². The molecule has 0 amide bonds. The summed E-state index contributed by atoms with van der Waals surface area (Å²) in [6.45, 7) is 3.15. The zero-order chi connectivity index (χ0) is 10.6. The third kappa shape index (κ3) is 3.01. The van der Waals surface area contributed by atoms with E-state index in [2.05, 4.69) is 0 Å². The van der Waals surface area contributed by atoms with Crippen molar-refractivity contribution in [2.24, 2.45) is 0 Å². The minimum absolute atomic E-state index is 0.160. The maximum atomic E-state index is 11.3. The van der Waals surface area contributed by atoms with Crippen LogP contribution in [-0.4, -0.2) is 18.4 Å². The van der Waals surface area contributed by atoms with Gasteiger partial charge in [0.15, 0.2) is 5.78 Å². The number of esters is 1. The van der Waals surface area contributed by atoms with Crippen molar-refractivity contribution in [1.29, 1.82) is 0 Å². The summed E-state index contributed by atoms with van der Waals surface area (Å²) in [6.07, 6.45) is 0. The van der Waals surface area contributed by atoms with Gasteiger partial charge in [-0.1, -0.05) is 17.7 Å². The molecule has 0 fully saturated rings. The molecule has 0 radical (unpaired) electrons. The Kier molecular flexibility index (Phi) is 3.40. The molecule has 0 aromatic heterocycles. The lowest BCUT2D eigenvalue weighted by Crippen LogP contribution is -2.11. The van der Waals surface area contributed by atoms with Gasteiger partial charge in [0.1, 0.15) is 6.61 Å². The molecule has 0 spiro atoms. The van der Waals surface area contributed by atoms with Gasteiger partial charge in [0, 0.05) is 0 Å². The molecule has 14 heavy (non-hydrogen) atoms. The summed E-state index contributed by atoms with van der Waals surface area (Å²) < 4.78 is 4.74. The van der Waals surface area contributed by atoms with Crippen LogP contribution < -0.4 is 0 Å². The van der Waals surface area contributed by atoms with Gasteiger partial charge in [0.2, 0.25) is 0 Å². The summed E-state index contributed by atoms with van der Waals surface area (Å²) in [5.74, 6) is -0.620. The monoisotopic (exact) mass is 192 g/mol. The summed E-state index contributed by atoms with van der Waals surface area (Å²) in [4.78, 5) is 21.8.